The molecular formula is C14H20N4O. The van der Waals surface area contributed by atoms with Crippen LogP contribution in [0.2, 0.25) is 0 Å². The molecule has 1 atom stereocenters. The normalized spacial score (nSPS) is 12.5. The molecule has 0 amide bonds. The van der Waals surface area contributed by atoms with Crippen LogP contribution in [-0.4, -0.2) is 26.6 Å². The number of rotatable bonds is 7. The van der Waals surface area contributed by atoms with Gasteiger partial charge in [0.25, 0.3) is 0 Å². The minimum Gasteiger partial charge on any atom is -0.386 e. The summed E-state index contributed by atoms with van der Waals surface area (Å²) < 4.78 is 1.69. The first-order valence-corrected chi connectivity index (χ1v) is 6.61. The molecule has 3 N–H and O–H groups in total. The molecule has 0 saturated heterocycles. The molecule has 0 fully saturated rings. The lowest BCUT2D eigenvalue weighted by atomic mass is 10.1. The fraction of sp³-hybridized carbons (Fsp3) is 0.429. The van der Waals surface area contributed by atoms with Crippen LogP contribution in [0.15, 0.2) is 36.5 Å². The number of aliphatic hydroxyl groups is 1. The van der Waals surface area contributed by atoms with Gasteiger partial charge in [-0.05, 0) is 31.4 Å². The lowest BCUT2D eigenvalue weighted by molar-refractivity contribution is 0.150. The van der Waals surface area contributed by atoms with E-state index in [0.29, 0.717) is 13.1 Å². The van der Waals surface area contributed by atoms with E-state index in [1.165, 1.54) is 0 Å². The maximum absolute atomic E-state index is 10.1. The number of nitrogens with two attached hydrogens (primary N) is 1. The van der Waals surface area contributed by atoms with Crippen molar-refractivity contribution in [1.29, 1.82) is 0 Å². The van der Waals surface area contributed by atoms with Crippen LogP contribution >= 0.6 is 0 Å². The first-order chi connectivity index (χ1) is 9.29. The predicted octanol–water partition coefficient (Wildman–Crippen LogP) is 1.29. The molecule has 5 nitrogen and oxygen atoms in total. The lowest BCUT2D eigenvalue weighted by Gasteiger charge is -2.09. The highest BCUT2D eigenvalue weighted by Gasteiger charge is 2.09. The van der Waals surface area contributed by atoms with Crippen LogP contribution in [0.25, 0.3) is 0 Å². The average molecular weight is 260 g/mol. The number of nitrogens with zero attached hydrogens (tertiary/aromatic N) is 3. The Morgan fingerprint density at radius 1 is 1.21 bits per heavy atom. The molecule has 1 heterocycles. The standard InChI is InChI=1S/C14H20N4O/c15-9-5-4-8-13-10-18(17-16-13)11-14(19)12-6-2-1-3-7-12/h1-3,6-7,10,14,19H,4-5,8-9,11,15H2. The van der Waals surface area contributed by atoms with Gasteiger partial charge in [-0.2, -0.15) is 0 Å². The van der Waals surface area contributed by atoms with Crippen molar-refractivity contribution in [2.24, 2.45) is 5.73 Å². The van der Waals surface area contributed by atoms with Gasteiger partial charge < -0.3 is 10.8 Å². The lowest BCUT2D eigenvalue weighted by Crippen LogP contribution is -2.09. The Hall–Kier alpha value is -1.72. The summed E-state index contributed by atoms with van der Waals surface area (Å²) in [7, 11) is 0. The van der Waals surface area contributed by atoms with E-state index in [0.717, 1.165) is 30.5 Å². The Balaban J connectivity index is 1.89. The van der Waals surface area contributed by atoms with Crippen LogP contribution in [0.1, 0.15) is 30.2 Å². The van der Waals surface area contributed by atoms with E-state index in [4.69, 9.17) is 5.73 Å². The summed E-state index contributed by atoms with van der Waals surface area (Å²) >= 11 is 0. The first kappa shape index (κ1) is 13.7. The molecule has 0 spiro atoms. The maximum atomic E-state index is 10.1. The van der Waals surface area contributed by atoms with E-state index >= 15 is 0 Å². The number of aromatic nitrogens is 3. The van der Waals surface area contributed by atoms with Crippen molar-refractivity contribution in [2.45, 2.75) is 31.9 Å². The second-order valence-electron chi connectivity index (χ2n) is 4.60. The van der Waals surface area contributed by atoms with E-state index in [9.17, 15) is 5.11 Å². The number of benzene rings is 1. The summed E-state index contributed by atoms with van der Waals surface area (Å²) in [6.45, 7) is 1.13. The van der Waals surface area contributed by atoms with Crippen molar-refractivity contribution in [2.75, 3.05) is 6.54 Å². The number of aliphatic hydroxyl groups excluding tert-OH is 1. The van der Waals surface area contributed by atoms with E-state index in [1.54, 1.807) is 4.68 Å². The summed E-state index contributed by atoms with van der Waals surface area (Å²) in [6.07, 6.45) is 4.25. The minimum absolute atomic E-state index is 0.425. The Bertz CT molecular complexity index is 483. The number of aryl methyl sites for hydroxylation is 1. The Kier molecular flexibility index (Phi) is 5.06. The van der Waals surface area contributed by atoms with E-state index in [2.05, 4.69) is 10.3 Å². The molecule has 0 bridgehead atoms. The molecule has 1 unspecified atom stereocenters. The van der Waals surface area contributed by atoms with Crippen molar-refractivity contribution in [3.8, 4) is 0 Å². The van der Waals surface area contributed by atoms with Crippen molar-refractivity contribution in [1.82, 2.24) is 15.0 Å². The maximum Gasteiger partial charge on any atom is 0.0986 e. The predicted molar refractivity (Wildman–Crippen MR) is 73.4 cm³/mol. The average Bonchev–Trinajstić information content (AvgIpc) is 2.88. The zero-order valence-corrected chi connectivity index (χ0v) is 10.9. The van der Waals surface area contributed by atoms with Gasteiger partial charge >= 0.3 is 0 Å². The van der Waals surface area contributed by atoms with Crippen LogP contribution in [0.5, 0.6) is 0 Å². The van der Waals surface area contributed by atoms with Crippen molar-refractivity contribution >= 4 is 0 Å². The van der Waals surface area contributed by atoms with Crippen LogP contribution in [-0.2, 0) is 13.0 Å². The molecule has 1 aromatic carbocycles. The fourth-order valence-electron chi connectivity index (χ4n) is 1.95. The molecule has 5 heteroatoms. The quantitative estimate of drug-likeness (QED) is 0.735. The molecular weight excluding hydrogens is 240 g/mol. The largest absolute Gasteiger partial charge is 0.386 e. The highest BCUT2D eigenvalue weighted by Crippen LogP contribution is 2.14. The van der Waals surface area contributed by atoms with Gasteiger partial charge in [-0.15, -0.1) is 5.10 Å². The van der Waals surface area contributed by atoms with Crippen LogP contribution in [0, 0.1) is 0 Å². The van der Waals surface area contributed by atoms with Gasteiger partial charge in [-0.3, -0.25) is 0 Å². The van der Waals surface area contributed by atoms with Gasteiger partial charge in [0.1, 0.15) is 0 Å². The van der Waals surface area contributed by atoms with Crippen LogP contribution < -0.4 is 5.73 Å². The monoisotopic (exact) mass is 260 g/mol. The van der Waals surface area contributed by atoms with Crippen molar-refractivity contribution in [3.63, 3.8) is 0 Å². The van der Waals surface area contributed by atoms with E-state index in [1.807, 2.05) is 36.5 Å². The van der Waals surface area contributed by atoms with Gasteiger partial charge in [0.15, 0.2) is 0 Å². The van der Waals surface area contributed by atoms with Crippen LogP contribution in [0.4, 0.5) is 0 Å². The second kappa shape index (κ2) is 7.01. The molecule has 0 saturated carbocycles. The van der Waals surface area contributed by atoms with Crippen LogP contribution in [0.3, 0.4) is 0 Å². The third-order valence-electron chi connectivity index (χ3n) is 3.02. The van der Waals surface area contributed by atoms with Gasteiger partial charge in [-0.25, -0.2) is 4.68 Å². The van der Waals surface area contributed by atoms with Gasteiger partial charge in [-0.1, -0.05) is 35.5 Å². The van der Waals surface area contributed by atoms with E-state index < -0.39 is 6.10 Å². The van der Waals surface area contributed by atoms with Gasteiger partial charge in [0.05, 0.1) is 18.3 Å². The summed E-state index contributed by atoms with van der Waals surface area (Å²) in [5.74, 6) is 0. The molecule has 1 aromatic heterocycles. The number of hydrogen-bond donors (Lipinski definition) is 2. The fourth-order valence-corrected chi connectivity index (χ4v) is 1.95. The Morgan fingerprint density at radius 3 is 2.74 bits per heavy atom. The summed E-state index contributed by atoms with van der Waals surface area (Å²) in [6, 6.07) is 9.57. The smallest absolute Gasteiger partial charge is 0.0986 e. The summed E-state index contributed by atoms with van der Waals surface area (Å²) in [4.78, 5) is 0. The van der Waals surface area contributed by atoms with Crippen molar-refractivity contribution in [3.05, 3.63) is 47.8 Å². The molecule has 2 aromatic rings. The molecule has 102 valence electrons. The molecule has 0 radical (unpaired) electrons. The highest BCUT2D eigenvalue weighted by molar-refractivity contribution is 5.17. The highest BCUT2D eigenvalue weighted by atomic mass is 16.3. The third kappa shape index (κ3) is 4.15. The second-order valence-corrected chi connectivity index (χ2v) is 4.60. The number of unbranched alkanes of at least 4 members (excludes halogenated alkanes) is 1. The zero-order chi connectivity index (χ0) is 13.5. The van der Waals surface area contributed by atoms with Crippen molar-refractivity contribution < 1.29 is 5.11 Å². The number of hydrogen-bond acceptors (Lipinski definition) is 4. The molecule has 19 heavy (non-hydrogen) atoms. The Morgan fingerprint density at radius 2 is 2.00 bits per heavy atom. The summed E-state index contributed by atoms with van der Waals surface area (Å²) in [5, 5.41) is 18.2. The topological polar surface area (TPSA) is 77.0 Å². The SMILES string of the molecule is NCCCCc1cn(CC(O)c2ccccc2)nn1. The van der Waals surface area contributed by atoms with E-state index in [-0.39, 0.29) is 0 Å². The molecule has 0 aliphatic heterocycles. The molecule has 0 aliphatic rings. The first-order valence-electron chi connectivity index (χ1n) is 6.61. The zero-order valence-electron chi connectivity index (χ0n) is 10.9. The molecule has 0 aliphatic carbocycles. The van der Waals surface area contributed by atoms with Gasteiger partial charge in [0.2, 0.25) is 0 Å². The third-order valence-corrected chi connectivity index (χ3v) is 3.02. The summed E-state index contributed by atoms with van der Waals surface area (Å²) in [5.41, 5.74) is 7.30. The molecule has 2 rings (SSSR count). The minimum atomic E-state index is -0.556. The Labute approximate surface area is 113 Å². The van der Waals surface area contributed by atoms with Gasteiger partial charge in [0, 0.05) is 6.20 Å².